The molecule has 0 aromatic heterocycles. The molecular weight excluding hydrogens is 168 g/mol. The SMILES string of the molecule is C[C@H]1CC(=O)c2ccccc2S1. The van der Waals surface area contributed by atoms with Crippen LogP contribution in [0.4, 0.5) is 0 Å². The molecule has 1 nitrogen and oxygen atoms in total. The lowest BCUT2D eigenvalue weighted by molar-refractivity contribution is 0.0978. The summed E-state index contributed by atoms with van der Waals surface area (Å²) in [6.45, 7) is 2.10. The summed E-state index contributed by atoms with van der Waals surface area (Å²) >= 11 is 1.79. The van der Waals surface area contributed by atoms with Crippen molar-refractivity contribution in [1.82, 2.24) is 0 Å². The Hall–Kier alpha value is -0.760. The fourth-order valence-corrected chi connectivity index (χ4v) is 2.56. The smallest absolute Gasteiger partial charge is 0.165 e. The molecule has 1 aromatic rings. The zero-order valence-electron chi connectivity index (χ0n) is 6.91. The molecule has 0 radical (unpaired) electrons. The molecule has 0 aliphatic carbocycles. The second-order valence-corrected chi connectivity index (χ2v) is 4.53. The van der Waals surface area contributed by atoms with E-state index in [1.54, 1.807) is 11.8 Å². The molecule has 0 bridgehead atoms. The van der Waals surface area contributed by atoms with Crippen molar-refractivity contribution in [3.8, 4) is 0 Å². The molecule has 0 N–H and O–H groups in total. The highest BCUT2D eigenvalue weighted by Crippen LogP contribution is 2.34. The van der Waals surface area contributed by atoms with E-state index in [4.69, 9.17) is 0 Å². The van der Waals surface area contributed by atoms with Crippen molar-refractivity contribution in [2.75, 3.05) is 0 Å². The first kappa shape index (κ1) is 7.87. The van der Waals surface area contributed by atoms with E-state index in [1.807, 2.05) is 24.3 Å². The Morgan fingerprint density at radius 1 is 1.42 bits per heavy atom. The Morgan fingerprint density at radius 2 is 2.17 bits per heavy atom. The number of fused-ring (bicyclic) bond motifs is 1. The van der Waals surface area contributed by atoms with Gasteiger partial charge >= 0.3 is 0 Å². The summed E-state index contributed by atoms with van der Waals surface area (Å²) in [4.78, 5) is 12.6. The number of thioether (sulfide) groups is 1. The summed E-state index contributed by atoms with van der Waals surface area (Å²) in [5.41, 5.74) is 0.903. The fourth-order valence-electron chi connectivity index (χ4n) is 1.43. The number of Topliss-reactive ketones (excluding diaryl/α,β-unsaturated/α-hetero) is 1. The van der Waals surface area contributed by atoms with Gasteiger partial charge in [0.25, 0.3) is 0 Å². The summed E-state index contributed by atoms with van der Waals surface area (Å²) in [7, 11) is 0. The van der Waals surface area contributed by atoms with Crippen LogP contribution in [-0.4, -0.2) is 11.0 Å². The van der Waals surface area contributed by atoms with Crippen LogP contribution in [0.2, 0.25) is 0 Å². The molecule has 62 valence electrons. The molecular formula is C10H10OS. The molecule has 0 fully saturated rings. The monoisotopic (exact) mass is 178 g/mol. The second kappa shape index (κ2) is 2.94. The first-order chi connectivity index (χ1) is 5.77. The minimum Gasteiger partial charge on any atom is -0.294 e. The average molecular weight is 178 g/mol. The number of ketones is 1. The van der Waals surface area contributed by atoms with Gasteiger partial charge in [-0.3, -0.25) is 4.79 Å². The molecule has 1 aliphatic rings. The van der Waals surface area contributed by atoms with E-state index in [1.165, 1.54) is 0 Å². The van der Waals surface area contributed by atoms with Gasteiger partial charge in [0.05, 0.1) is 0 Å². The van der Waals surface area contributed by atoms with E-state index in [-0.39, 0.29) is 5.78 Å². The summed E-state index contributed by atoms with van der Waals surface area (Å²) in [6, 6.07) is 7.84. The highest BCUT2D eigenvalue weighted by molar-refractivity contribution is 8.00. The van der Waals surface area contributed by atoms with Gasteiger partial charge in [0.2, 0.25) is 0 Å². The Balaban J connectivity index is 2.47. The standard InChI is InChI=1S/C10H10OS/c1-7-6-9(11)8-4-2-3-5-10(8)12-7/h2-5,7H,6H2,1H3/t7-/m0/s1. The summed E-state index contributed by atoms with van der Waals surface area (Å²) in [5.74, 6) is 0.289. The minimum absolute atomic E-state index is 0.289. The van der Waals surface area contributed by atoms with Crippen molar-refractivity contribution >= 4 is 17.5 Å². The second-order valence-electron chi connectivity index (χ2n) is 3.05. The number of rotatable bonds is 0. The first-order valence-electron chi connectivity index (χ1n) is 4.06. The summed E-state index contributed by atoms with van der Waals surface area (Å²) < 4.78 is 0. The molecule has 12 heavy (non-hydrogen) atoms. The Morgan fingerprint density at radius 3 is 3.00 bits per heavy atom. The summed E-state index contributed by atoms with van der Waals surface area (Å²) in [6.07, 6.45) is 0.682. The van der Waals surface area contributed by atoms with Gasteiger partial charge < -0.3 is 0 Å². The van der Waals surface area contributed by atoms with Gasteiger partial charge in [-0.25, -0.2) is 0 Å². The molecule has 1 heterocycles. The van der Waals surface area contributed by atoms with Crippen molar-refractivity contribution in [1.29, 1.82) is 0 Å². The van der Waals surface area contributed by atoms with Crippen molar-refractivity contribution in [3.05, 3.63) is 29.8 Å². The van der Waals surface area contributed by atoms with Crippen molar-refractivity contribution < 1.29 is 4.79 Å². The molecule has 2 heteroatoms. The molecule has 1 aliphatic heterocycles. The van der Waals surface area contributed by atoms with Gasteiger partial charge in [-0.05, 0) is 6.07 Å². The maximum absolute atomic E-state index is 11.5. The van der Waals surface area contributed by atoms with Gasteiger partial charge in [0.1, 0.15) is 0 Å². The normalized spacial score (nSPS) is 22.1. The number of carbonyl (C=O) groups is 1. The van der Waals surface area contributed by atoms with Crippen LogP contribution < -0.4 is 0 Å². The van der Waals surface area contributed by atoms with E-state index in [2.05, 4.69) is 6.92 Å². The zero-order chi connectivity index (χ0) is 8.55. The molecule has 0 amide bonds. The average Bonchev–Trinajstić information content (AvgIpc) is 2.04. The van der Waals surface area contributed by atoms with E-state index in [0.717, 1.165) is 10.5 Å². The molecule has 0 saturated heterocycles. The molecule has 0 saturated carbocycles. The topological polar surface area (TPSA) is 17.1 Å². The van der Waals surface area contributed by atoms with Crippen LogP contribution in [0.3, 0.4) is 0 Å². The third-order valence-electron chi connectivity index (χ3n) is 1.99. The largest absolute Gasteiger partial charge is 0.294 e. The highest BCUT2D eigenvalue weighted by atomic mass is 32.2. The Bertz CT molecular complexity index is 319. The van der Waals surface area contributed by atoms with Crippen LogP contribution in [0.25, 0.3) is 0 Å². The van der Waals surface area contributed by atoms with Crippen LogP contribution in [-0.2, 0) is 0 Å². The third-order valence-corrected chi connectivity index (χ3v) is 3.17. The minimum atomic E-state index is 0.289. The van der Waals surface area contributed by atoms with Crippen LogP contribution in [0.1, 0.15) is 23.7 Å². The van der Waals surface area contributed by atoms with Crippen LogP contribution >= 0.6 is 11.8 Å². The molecule has 1 atom stereocenters. The first-order valence-corrected chi connectivity index (χ1v) is 4.94. The van der Waals surface area contributed by atoms with Crippen LogP contribution in [0.15, 0.2) is 29.2 Å². The zero-order valence-corrected chi connectivity index (χ0v) is 7.73. The Labute approximate surface area is 76.2 Å². The molecule has 0 unspecified atom stereocenters. The quantitative estimate of drug-likeness (QED) is 0.607. The molecule has 2 rings (SSSR count). The van der Waals surface area contributed by atoms with Crippen LogP contribution in [0.5, 0.6) is 0 Å². The predicted octanol–water partition coefficient (Wildman–Crippen LogP) is 2.75. The third kappa shape index (κ3) is 1.27. The van der Waals surface area contributed by atoms with Crippen molar-refractivity contribution in [3.63, 3.8) is 0 Å². The molecule has 1 aromatic carbocycles. The maximum atomic E-state index is 11.5. The van der Waals surface area contributed by atoms with E-state index in [0.29, 0.717) is 11.7 Å². The van der Waals surface area contributed by atoms with Gasteiger partial charge in [-0.15, -0.1) is 11.8 Å². The van der Waals surface area contributed by atoms with Crippen LogP contribution in [0, 0.1) is 0 Å². The van der Waals surface area contributed by atoms with Crippen molar-refractivity contribution in [2.24, 2.45) is 0 Å². The Kier molecular flexibility index (Phi) is 1.93. The molecule has 0 spiro atoms. The highest BCUT2D eigenvalue weighted by Gasteiger charge is 2.21. The van der Waals surface area contributed by atoms with E-state index in [9.17, 15) is 4.79 Å². The maximum Gasteiger partial charge on any atom is 0.165 e. The fraction of sp³-hybridized carbons (Fsp3) is 0.300. The van der Waals surface area contributed by atoms with Gasteiger partial charge in [-0.1, -0.05) is 25.1 Å². The van der Waals surface area contributed by atoms with Gasteiger partial charge in [-0.2, -0.15) is 0 Å². The van der Waals surface area contributed by atoms with E-state index < -0.39 is 0 Å². The van der Waals surface area contributed by atoms with Gasteiger partial charge in [0.15, 0.2) is 5.78 Å². The lowest BCUT2D eigenvalue weighted by atomic mass is 10.1. The lowest BCUT2D eigenvalue weighted by Crippen LogP contribution is -2.14. The van der Waals surface area contributed by atoms with Gasteiger partial charge in [0, 0.05) is 22.1 Å². The number of carbonyl (C=O) groups excluding carboxylic acids is 1. The number of benzene rings is 1. The number of hydrogen-bond acceptors (Lipinski definition) is 2. The lowest BCUT2D eigenvalue weighted by Gasteiger charge is -2.18. The van der Waals surface area contributed by atoms with Crippen molar-refractivity contribution in [2.45, 2.75) is 23.5 Å². The predicted molar refractivity (Wildman–Crippen MR) is 50.7 cm³/mol. The number of hydrogen-bond donors (Lipinski definition) is 0. The van der Waals surface area contributed by atoms with E-state index >= 15 is 0 Å². The summed E-state index contributed by atoms with van der Waals surface area (Å²) in [5, 5.41) is 0.437.